The number of aryl methyl sites for hydroxylation is 1. The summed E-state index contributed by atoms with van der Waals surface area (Å²) in [6.45, 7) is 5.82. The van der Waals surface area contributed by atoms with E-state index >= 15 is 0 Å². The SMILES string of the molecule is Cc1nc(N2CCC(C)(N)CC2)cnc1Nc1cccc(Cl)c1Cl. The second-order valence-corrected chi connectivity index (χ2v) is 7.31. The Morgan fingerprint density at radius 1 is 1.25 bits per heavy atom. The number of benzene rings is 1. The van der Waals surface area contributed by atoms with Crippen molar-refractivity contribution in [3.8, 4) is 0 Å². The van der Waals surface area contributed by atoms with Gasteiger partial charge in [-0.1, -0.05) is 29.3 Å². The molecule has 0 spiro atoms. The monoisotopic (exact) mass is 365 g/mol. The average Bonchev–Trinajstić information content (AvgIpc) is 2.53. The molecule has 0 saturated carbocycles. The normalized spacial score (nSPS) is 17.0. The number of aromatic nitrogens is 2. The summed E-state index contributed by atoms with van der Waals surface area (Å²) in [6.07, 6.45) is 3.69. The van der Waals surface area contributed by atoms with E-state index < -0.39 is 0 Å². The first kappa shape index (κ1) is 17.3. The van der Waals surface area contributed by atoms with Crippen LogP contribution in [0.2, 0.25) is 10.0 Å². The molecule has 0 bridgehead atoms. The fourth-order valence-corrected chi connectivity index (χ4v) is 3.07. The van der Waals surface area contributed by atoms with Crippen molar-refractivity contribution in [3.63, 3.8) is 0 Å². The van der Waals surface area contributed by atoms with Crippen LogP contribution in [0, 0.1) is 6.92 Å². The van der Waals surface area contributed by atoms with Gasteiger partial charge in [-0.15, -0.1) is 0 Å². The lowest BCUT2D eigenvalue weighted by molar-refractivity contribution is 0.363. The second-order valence-electron chi connectivity index (χ2n) is 6.53. The molecule has 128 valence electrons. The van der Waals surface area contributed by atoms with Crippen LogP contribution in [0.1, 0.15) is 25.5 Å². The highest BCUT2D eigenvalue weighted by atomic mass is 35.5. The lowest BCUT2D eigenvalue weighted by Gasteiger charge is -2.37. The standard InChI is InChI=1S/C17H21Cl2N5/c1-11-16(23-13-5-3-4-12(18)15(13)19)21-10-14(22-11)24-8-6-17(2,20)7-9-24/h3-5,10H,6-9,20H2,1-2H3,(H,21,23). The fourth-order valence-electron chi connectivity index (χ4n) is 2.72. The Morgan fingerprint density at radius 2 is 1.96 bits per heavy atom. The van der Waals surface area contributed by atoms with Crippen molar-refractivity contribution in [2.24, 2.45) is 5.73 Å². The second kappa shape index (κ2) is 6.75. The molecule has 2 aromatic rings. The van der Waals surface area contributed by atoms with E-state index in [4.69, 9.17) is 28.9 Å². The largest absolute Gasteiger partial charge is 0.355 e. The molecule has 0 unspecified atom stereocenters. The minimum absolute atomic E-state index is 0.0796. The molecular formula is C17H21Cl2N5. The number of hydrogen-bond acceptors (Lipinski definition) is 5. The summed E-state index contributed by atoms with van der Waals surface area (Å²) >= 11 is 12.3. The molecule has 1 aliphatic heterocycles. The van der Waals surface area contributed by atoms with Crippen LogP contribution in [-0.2, 0) is 0 Å². The average molecular weight is 366 g/mol. The van der Waals surface area contributed by atoms with Crippen LogP contribution in [0.4, 0.5) is 17.3 Å². The Labute approximate surface area is 152 Å². The van der Waals surface area contributed by atoms with E-state index in [-0.39, 0.29) is 5.54 Å². The number of rotatable bonds is 3. The lowest BCUT2D eigenvalue weighted by atomic mass is 9.91. The summed E-state index contributed by atoms with van der Waals surface area (Å²) in [5.74, 6) is 1.55. The van der Waals surface area contributed by atoms with E-state index in [0.717, 1.165) is 37.4 Å². The molecule has 0 aliphatic carbocycles. The Bertz CT molecular complexity index is 738. The van der Waals surface area contributed by atoms with Gasteiger partial charge in [0.25, 0.3) is 0 Å². The maximum atomic E-state index is 6.21. The van der Waals surface area contributed by atoms with Crippen LogP contribution in [0.15, 0.2) is 24.4 Å². The predicted molar refractivity (Wildman–Crippen MR) is 101 cm³/mol. The van der Waals surface area contributed by atoms with Gasteiger partial charge in [0.2, 0.25) is 0 Å². The van der Waals surface area contributed by atoms with E-state index in [2.05, 4.69) is 27.1 Å². The lowest BCUT2D eigenvalue weighted by Crippen LogP contribution is -2.48. The number of halogens is 2. The number of hydrogen-bond donors (Lipinski definition) is 2. The maximum absolute atomic E-state index is 6.21. The predicted octanol–water partition coefficient (Wildman–Crippen LogP) is 4.15. The number of piperidine rings is 1. The molecule has 0 atom stereocenters. The highest BCUT2D eigenvalue weighted by Gasteiger charge is 2.26. The van der Waals surface area contributed by atoms with E-state index in [0.29, 0.717) is 21.6 Å². The molecule has 2 heterocycles. The van der Waals surface area contributed by atoms with Gasteiger partial charge >= 0.3 is 0 Å². The zero-order valence-electron chi connectivity index (χ0n) is 13.8. The summed E-state index contributed by atoms with van der Waals surface area (Å²) in [5.41, 5.74) is 7.63. The van der Waals surface area contributed by atoms with Crippen LogP contribution in [-0.4, -0.2) is 28.6 Å². The molecule has 3 rings (SSSR count). The van der Waals surface area contributed by atoms with E-state index in [1.54, 1.807) is 12.3 Å². The molecule has 1 saturated heterocycles. The molecule has 3 N–H and O–H groups in total. The van der Waals surface area contributed by atoms with Crippen molar-refractivity contribution in [2.45, 2.75) is 32.2 Å². The van der Waals surface area contributed by atoms with Gasteiger partial charge in [0.15, 0.2) is 5.82 Å². The quantitative estimate of drug-likeness (QED) is 0.854. The molecule has 0 amide bonds. The van der Waals surface area contributed by atoms with Gasteiger partial charge in [0.05, 0.1) is 27.6 Å². The number of nitrogens with two attached hydrogens (primary N) is 1. The smallest absolute Gasteiger partial charge is 0.152 e. The first-order valence-electron chi connectivity index (χ1n) is 7.94. The van der Waals surface area contributed by atoms with E-state index in [9.17, 15) is 0 Å². The van der Waals surface area contributed by atoms with Gasteiger partial charge < -0.3 is 16.0 Å². The minimum atomic E-state index is -0.0796. The fraction of sp³-hybridized carbons (Fsp3) is 0.412. The molecule has 1 fully saturated rings. The Kier molecular flexibility index (Phi) is 4.85. The van der Waals surface area contributed by atoms with Crippen LogP contribution in [0.3, 0.4) is 0 Å². The van der Waals surface area contributed by atoms with Gasteiger partial charge in [-0.25, -0.2) is 9.97 Å². The van der Waals surface area contributed by atoms with Crippen molar-refractivity contribution in [1.29, 1.82) is 0 Å². The van der Waals surface area contributed by atoms with Crippen molar-refractivity contribution in [2.75, 3.05) is 23.3 Å². The Hall–Kier alpha value is -1.56. The third kappa shape index (κ3) is 3.74. The Balaban J connectivity index is 1.77. The summed E-state index contributed by atoms with van der Waals surface area (Å²) < 4.78 is 0. The van der Waals surface area contributed by atoms with E-state index in [1.165, 1.54) is 0 Å². The van der Waals surface area contributed by atoms with Crippen LogP contribution in [0.5, 0.6) is 0 Å². The third-order valence-electron chi connectivity index (χ3n) is 4.37. The highest BCUT2D eigenvalue weighted by molar-refractivity contribution is 6.43. The highest BCUT2D eigenvalue weighted by Crippen LogP contribution is 2.32. The third-order valence-corrected chi connectivity index (χ3v) is 5.19. The molecule has 5 nitrogen and oxygen atoms in total. The first-order chi connectivity index (χ1) is 11.4. The van der Waals surface area contributed by atoms with Gasteiger partial charge in [0, 0.05) is 18.6 Å². The van der Waals surface area contributed by atoms with Gasteiger partial charge in [-0.05, 0) is 38.8 Å². The zero-order valence-corrected chi connectivity index (χ0v) is 15.3. The molecule has 7 heteroatoms. The van der Waals surface area contributed by atoms with E-state index in [1.807, 2.05) is 19.1 Å². The van der Waals surface area contributed by atoms with Gasteiger partial charge in [0.1, 0.15) is 5.82 Å². The van der Waals surface area contributed by atoms with Crippen LogP contribution < -0.4 is 16.0 Å². The first-order valence-corrected chi connectivity index (χ1v) is 8.70. The molecule has 24 heavy (non-hydrogen) atoms. The summed E-state index contributed by atoms with van der Waals surface area (Å²) in [4.78, 5) is 11.4. The minimum Gasteiger partial charge on any atom is -0.355 e. The van der Waals surface area contributed by atoms with Crippen molar-refractivity contribution in [3.05, 3.63) is 40.1 Å². The molecule has 0 radical (unpaired) electrons. The summed E-state index contributed by atoms with van der Waals surface area (Å²) in [5, 5.41) is 4.17. The van der Waals surface area contributed by atoms with Gasteiger partial charge in [-0.3, -0.25) is 0 Å². The van der Waals surface area contributed by atoms with Crippen LogP contribution >= 0.6 is 23.2 Å². The zero-order chi connectivity index (χ0) is 17.3. The summed E-state index contributed by atoms with van der Waals surface area (Å²) in [6, 6.07) is 5.44. The molecule has 1 aromatic carbocycles. The maximum Gasteiger partial charge on any atom is 0.152 e. The van der Waals surface area contributed by atoms with Crippen molar-refractivity contribution < 1.29 is 0 Å². The van der Waals surface area contributed by atoms with Crippen LogP contribution in [0.25, 0.3) is 0 Å². The molecule has 1 aliphatic rings. The number of nitrogens with one attached hydrogen (secondary N) is 1. The van der Waals surface area contributed by atoms with Crippen molar-refractivity contribution >= 4 is 40.5 Å². The molecular weight excluding hydrogens is 345 g/mol. The molecule has 1 aromatic heterocycles. The Morgan fingerprint density at radius 3 is 2.62 bits per heavy atom. The number of nitrogens with zero attached hydrogens (tertiary/aromatic N) is 3. The number of anilines is 3. The van der Waals surface area contributed by atoms with Gasteiger partial charge in [-0.2, -0.15) is 0 Å². The summed E-state index contributed by atoms with van der Waals surface area (Å²) in [7, 11) is 0. The van der Waals surface area contributed by atoms with Crippen molar-refractivity contribution in [1.82, 2.24) is 9.97 Å². The topological polar surface area (TPSA) is 67.1 Å².